The molecule has 0 spiro atoms. The molecule has 0 bridgehead atoms. The van der Waals surface area contributed by atoms with E-state index in [9.17, 15) is 14.7 Å². The summed E-state index contributed by atoms with van der Waals surface area (Å²) in [6.07, 6.45) is 3.33. The van der Waals surface area contributed by atoms with Crippen LogP contribution >= 0.6 is 0 Å². The summed E-state index contributed by atoms with van der Waals surface area (Å²) >= 11 is 0. The maximum Gasteiger partial charge on any atom is 0.310 e. The summed E-state index contributed by atoms with van der Waals surface area (Å²) in [5, 5.41) is 9.21. The highest BCUT2D eigenvalue weighted by Gasteiger charge is 2.38. The molecule has 1 aliphatic heterocycles. The summed E-state index contributed by atoms with van der Waals surface area (Å²) in [4.78, 5) is 27.1. The van der Waals surface area contributed by atoms with Crippen LogP contribution in [0.25, 0.3) is 0 Å². The van der Waals surface area contributed by atoms with Crippen molar-refractivity contribution in [2.45, 2.75) is 13.0 Å². The second-order valence-corrected chi connectivity index (χ2v) is 4.99. The average Bonchev–Trinajstić information content (AvgIpc) is 2.93. The molecule has 1 heterocycles. The molecule has 1 saturated heterocycles. The van der Waals surface area contributed by atoms with Gasteiger partial charge in [-0.1, -0.05) is 19.1 Å². The third-order valence-electron chi connectivity index (χ3n) is 3.63. The average molecular weight is 296 g/mol. The molecule has 1 aliphatic rings. The third kappa shape index (κ3) is 4.68. The van der Waals surface area contributed by atoms with E-state index in [1.807, 2.05) is 11.8 Å². The predicted octanol–water partition coefficient (Wildman–Crippen LogP) is 0.609. The number of carbonyl (C=O) groups excluding carboxylic acids is 1. The van der Waals surface area contributed by atoms with Crippen LogP contribution in [-0.4, -0.2) is 72.2 Å². The van der Waals surface area contributed by atoms with Gasteiger partial charge in [-0.2, -0.15) is 0 Å². The van der Waals surface area contributed by atoms with Crippen LogP contribution in [0.3, 0.4) is 0 Å². The Balaban J connectivity index is 2.71. The standard InChI is InChI=1S/C15H24N2O4/c1-4-7-17(8-5-2)14(18)9-16(6-3)13-11-21-10-12(13)15(19)20/h4-5,12-13H,1-2,6-11H2,3H3,(H,19,20). The number of carboxylic acid groups (broad SMARTS) is 1. The molecule has 0 aliphatic carbocycles. The van der Waals surface area contributed by atoms with E-state index in [0.29, 0.717) is 26.2 Å². The van der Waals surface area contributed by atoms with E-state index in [1.54, 1.807) is 17.1 Å². The van der Waals surface area contributed by atoms with Gasteiger partial charge in [0.25, 0.3) is 0 Å². The predicted molar refractivity (Wildman–Crippen MR) is 80.0 cm³/mol. The van der Waals surface area contributed by atoms with Gasteiger partial charge in [0.1, 0.15) is 0 Å². The molecule has 0 saturated carbocycles. The number of amides is 1. The first-order valence-corrected chi connectivity index (χ1v) is 7.09. The van der Waals surface area contributed by atoms with Crippen LogP contribution in [0, 0.1) is 5.92 Å². The molecule has 1 fully saturated rings. The fourth-order valence-corrected chi connectivity index (χ4v) is 2.47. The summed E-state index contributed by atoms with van der Waals surface area (Å²) in [5.41, 5.74) is 0. The van der Waals surface area contributed by atoms with Crippen LogP contribution in [0.15, 0.2) is 25.3 Å². The lowest BCUT2D eigenvalue weighted by Gasteiger charge is -2.30. The van der Waals surface area contributed by atoms with E-state index in [0.717, 1.165) is 0 Å². The Morgan fingerprint density at radius 3 is 2.38 bits per heavy atom. The number of ether oxygens (including phenoxy) is 1. The Bertz CT molecular complexity index is 387. The summed E-state index contributed by atoms with van der Waals surface area (Å²) in [7, 11) is 0. The smallest absolute Gasteiger partial charge is 0.310 e. The van der Waals surface area contributed by atoms with Crippen LogP contribution in [-0.2, 0) is 14.3 Å². The van der Waals surface area contributed by atoms with Gasteiger partial charge in [-0.25, -0.2) is 0 Å². The first-order chi connectivity index (χ1) is 10.0. The largest absolute Gasteiger partial charge is 0.481 e. The second-order valence-electron chi connectivity index (χ2n) is 4.99. The van der Waals surface area contributed by atoms with Crippen molar-refractivity contribution in [3.05, 3.63) is 25.3 Å². The summed E-state index contributed by atoms with van der Waals surface area (Å²) < 4.78 is 5.27. The van der Waals surface area contributed by atoms with Gasteiger partial charge in [0.05, 0.1) is 25.7 Å². The zero-order valence-electron chi connectivity index (χ0n) is 12.5. The van der Waals surface area contributed by atoms with Crippen LogP contribution in [0.2, 0.25) is 0 Å². The van der Waals surface area contributed by atoms with E-state index < -0.39 is 11.9 Å². The monoisotopic (exact) mass is 296 g/mol. The van der Waals surface area contributed by atoms with Gasteiger partial charge in [-0.3, -0.25) is 14.5 Å². The van der Waals surface area contributed by atoms with E-state index in [2.05, 4.69) is 13.2 Å². The lowest BCUT2D eigenvalue weighted by molar-refractivity contribution is -0.144. The molecule has 6 nitrogen and oxygen atoms in total. The zero-order chi connectivity index (χ0) is 15.8. The number of hydrogen-bond acceptors (Lipinski definition) is 4. The molecule has 6 heteroatoms. The van der Waals surface area contributed by atoms with Gasteiger partial charge in [0.2, 0.25) is 5.91 Å². The van der Waals surface area contributed by atoms with Crippen LogP contribution < -0.4 is 0 Å². The highest BCUT2D eigenvalue weighted by molar-refractivity contribution is 5.79. The molecular weight excluding hydrogens is 272 g/mol. The van der Waals surface area contributed by atoms with E-state index >= 15 is 0 Å². The number of likely N-dealkylation sites (N-methyl/N-ethyl adjacent to an activating group) is 1. The lowest BCUT2D eigenvalue weighted by Crippen LogP contribution is -2.48. The Hall–Kier alpha value is -1.66. The van der Waals surface area contributed by atoms with Crippen LogP contribution in [0.1, 0.15) is 6.92 Å². The minimum atomic E-state index is -0.877. The number of aliphatic carboxylic acids is 1. The molecule has 1 amide bonds. The first kappa shape index (κ1) is 17.4. The van der Waals surface area contributed by atoms with Gasteiger partial charge in [-0.15, -0.1) is 13.2 Å². The molecule has 0 aromatic carbocycles. The molecule has 118 valence electrons. The topological polar surface area (TPSA) is 70.1 Å². The van der Waals surface area contributed by atoms with Gasteiger partial charge >= 0.3 is 5.97 Å². The normalized spacial score (nSPS) is 21.2. The minimum absolute atomic E-state index is 0.0623. The lowest BCUT2D eigenvalue weighted by atomic mass is 10.0. The van der Waals surface area contributed by atoms with Crippen molar-refractivity contribution in [1.82, 2.24) is 9.80 Å². The van der Waals surface area contributed by atoms with Crippen molar-refractivity contribution < 1.29 is 19.4 Å². The quantitative estimate of drug-likeness (QED) is 0.631. The van der Waals surface area contributed by atoms with Crippen LogP contribution in [0.4, 0.5) is 0 Å². The first-order valence-electron chi connectivity index (χ1n) is 7.09. The molecular formula is C15H24N2O4. The Labute approximate surface area is 125 Å². The molecule has 0 aromatic rings. The van der Waals surface area contributed by atoms with Gasteiger partial charge < -0.3 is 14.7 Å². The minimum Gasteiger partial charge on any atom is -0.481 e. The molecule has 0 aromatic heterocycles. The van der Waals surface area contributed by atoms with Gasteiger partial charge in [0, 0.05) is 19.1 Å². The summed E-state index contributed by atoms with van der Waals surface area (Å²) in [5.74, 6) is -1.52. The zero-order valence-corrected chi connectivity index (χ0v) is 12.5. The fraction of sp³-hybridized carbons (Fsp3) is 0.600. The Kier molecular flexibility index (Phi) is 7.11. The maximum atomic E-state index is 12.3. The number of nitrogens with zero attached hydrogens (tertiary/aromatic N) is 2. The molecule has 0 radical (unpaired) electrons. The number of hydrogen-bond donors (Lipinski definition) is 1. The number of carbonyl (C=O) groups is 2. The van der Waals surface area contributed by atoms with Crippen molar-refractivity contribution in [3.8, 4) is 0 Å². The van der Waals surface area contributed by atoms with Crippen molar-refractivity contribution >= 4 is 11.9 Å². The van der Waals surface area contributed by atoms with Crippen molar-refractivity contribution in [1.29, 1.82) is 0 Å². The molecule has 1 N–H and O–H groups in total. The number of carboxylic acids is 1. The summed E-state index contributed by atoms with van der Waals surface area (Å²) in [6, 6.07) is -0.259. The Morgan fingerprint density at radius 1 is 1.29 bits per heavy atom. The van der Waals surface area contributed by atoms with Crippen molar-refractivity contribution in [3.63, 3.8) is 0 Å². The highest BCUT2D eigenvalue weighted by atomic mass is 16.5. The second kappa shape index (κ2) is 8.59. The SMILES string of the molecule is C=CCN(CC=C)C(=O)CN(CC)C1COCC1C(=O)O. The number of rotatable bonds is 9. The molecule has 2 atom stereocenters. The molecule has 1 rings (SSSR count). The van der Waals surface area contributed by atoms with Crippen LogP contribution in [0.5, 0.6) is 0 Å². The van der Waals surface area contributed by atoms with E-state index in [-0.39, 0.29) is 25.1 Å². The fourth-order valence-electron chi connectivity index (χ4n) is 2.47. The van der Waals surface area contributed by atoms with E-state index in [4.69, 9.17) is 4.74 Å². The molecule has 2 unspecified atom stereocenters. The van der Waals surface area contributed by atoms with E-state index in [1.165, 1.54) is 0 Å². The van der Waals surface area contributed by atoms with Crippen molar-refractivity contribution in [2.75, 3.05) is 39.4 Å². The molecule has 21 heavy (non-hydrogen) atoms. The van der Waals surface area contributed by atoms with Crippen molar-refractivity contribution in [2.24, 2.45) is 5.92 Å². The van der Waals surface area contributed by atoms with Gasteiger partial charge in [-0.05, 0) is 6.54 Å². The third-order valence-corrected chi connectivity index (χ3v) is 3.63. The highest BCUT2D eigenvalue weighted by Crippen LogP contribution is 2.20. The summed E-state index contributed by atoms with van der Waals surface area (Å²) in [6.45, 7) is 11.4. The maximum absolute atomic E-state index is 12.3. The van der Waals surface area contributed by atoms with Gasteiger partial charge in [0.15, 0.2) is 0 Å². The Morgan fingerprint density at radius 2 is 1.90 bits per heavy atom.